The van der Waals surface area contributed by atoms with Gasteiger partial charge in [0.05, 0.1) is 6.04 Å². The normalized spacial score (nSPS) is 11.4. The fourth-order valence-corrected chi connectivity index (χ4v) is 0.668. The summed E-state index contributed by atoms with van der Waals surface area (Å²) >= 11 is 0. The predicted octanol–water partition coefficient (Wildman–Crippen LogP) is 0.818. The standard InChI is InChI=1S/C8H9N3O2/c1-3-6(2)9-8(12)10-7-4-5-13-11-7/h1,4-6H,2H3,(H2,9,10,11,12). The highest BCUT2D eigenvalue weighted by Gasteiger charge is 2.05. The smallest absolute Gasteiger partial charge is 0.321 e. The van der Waals surface area contributed by atoms with Gasteiger partial charge in [0.15, 0.2) is 5.82 Å². The molecule has 1 unspecified atom stereocenters. The molecule has 0 aliphatic heterocycles. The number of anilines is 1. The van der Waals surface area contributed by atoms with E-state index in [-0.39, 0.29) is 6.04 Å². The van der Waals surface area contributed by atoms with Gasteiger partial charge in [-0.1, -0.05) is 11.1 Å². The molecule has 0 aliphatic rings. The maximum Gasteiger partial charge on any atom is 0.321 e. The number of rotatable bonds is 2. The third kappa shape index (κ3) is 2.87. The van der Waals surface area contributed by atoms with Crippen molar-refractivity contribution in [1.82, 2.24) is 10.5 Å². The van der Waals surface area contributed by atoms with E-state index in [9.17, 15) is 4.79 Å². The van der Waals surface area contributed by atoms with Crippen molar-refractivity contribution < 1.29 is 9.32 Å². The fourth-order valence-electron chi connectivity index (χ4n) is 0.668. The third-order valence-corrected chi connectivity index (χ3v) is 1.28. The number of hydrogen-bond acceptors (Lipinski definition) is 3. The number of aromatic nitrogens is 1. The first-order valence-electron chi connectivity index (χ1n) is 3.66. The molecule has 1 aromatic rings. The maximum atomic E-state index is 11.1. The van der Waals surface area contributed by atoms with Crippen molar-refractivity contribution in [3.8, 4) is 12.3 Å². The van der Waals surface area contributed by atoms with Crippen LogP contribution in [0, 0.1) is 12.3 Å². The molecule has 0 aromatic carbocycles. The summed E-state index contributed by atoms with van der Waals surface area (Å²) in [6.45, 7) is 1.70. The van der Waals surface area contributed by atoms with E-state index in [0.29, 0.717) is 5.82 Å². The zero-order chi connectivity index (χ0) is 9.68. The lowest BCUT2D eigenvalue weighted by atomic mass is 10.4. The Hall–Kier alpha value is -1.96. The second-order valence-electron chi connectivity index (χ2n) is 2.37. The van der Waals surface area contributed by atoms with Crippen molar-refractivity contribution in [3.63, 3.8) is 0 Å². The Morgan fingerprint density at radius 3 is 3.15 bits per heavy atom. The molecular formula is C8H9N3O2. The average molecular weight is 179 g/mol. The summed E-state index contributed by atoms with van der Waals surface area (Å²) in [5.41, 5.74) is 0. The van der Waals surface area contributed by atoms with Gasteiger partial charge >= 0.3 is 6.03 Å². The van der Waals surface area contributed by atoms with Crippen molar-refractivity contribution in [1.29, 1.82) is 0 Å². The van der Waals surface area contributed by atoms with E-state index in [4.69, 9.17) is 6.42 Å². The lowest BCUT2D eigenvalue weighted by Crippen LogP contribution is -2.35. The van der Waals surface area contributed by atoms with E-state index in [2.05, 4.69) is 26.2 Å². The molecule has 1 rings (SSSR count). The van der Waals surface area contributed by atoms with Gasteiger partial charge in [0, 0.05) is 6.07 Å². The highest BCUT2D eigenvalue weighted by atomic mass is 16.5. The molecule has 0 aliphatic carbocycles. The second-order valence-corrected chi connectivity index (χ2v) is 2.37. The summed E-state index contributed by atoms with van der Waals surface area (Å²) in [6, 6.07) is 0.811. The first kappa shape index (κ1) is 9.13. The number of terminal acetylenes is 1. The minimum atomic E-state index is -0.403. The van der Waals surface area contributed by atoms with Crippen LogP contribution in [0.5, 0.6) is 0 Å². The summed E-state index contributed by atoms with van der Waals surface area (Å²) in [6.07, 6.45) is 6.43. The number of carbonyl (C=O) groups excluding carboxylic acids is 1. The predicted molar refractivity (Wildman–Crippen MR) is 47.0 cm³/mol. The van der Waals surface area contributed by atoms with Crippen LogP contribution in [0.4, 0.5) is 10.6 Å². The summed E-state index contributed by atoms with van der Waals surface area (Å²) in [4.78, 5) is 11.1. The molecule has 0 saturated carbocycles. The van der Waals surface area contributed by atoms with Crippen LogP contribution in [0.25, 0.3) is 0 Å². The largest absolute Gasteiger partial charge is 0.363 e. The Morgan fingerprint density at radius 1 is 1.85 bits per heavy atom. The molecule has 13 heavy (non-hydrogen) atoms. The Labute approximate surface area is 75.5 Å². The molecular weight excluding hydrogens is 170 g/mol. The number of nitrogens with one attached hydrogen (secondary N) is 2. The highest BCUT2D eigenvalue weighted by Crippen LogP contribution is 1.99. The second kappa shape index (κ2) is 4.16. The zero-order valence-electron chi connectivity index (χ0n) is 7.07. The zero-order valence-corrected chi connectivity index (χ0v) is 7.07. The molecule has 1 aromatic heterocycles. The van der Waals surface area contributed by atoms with Crippen molar-refractivity contribution in [2.24, 2.45) is 0 Å². The van der Waals surface area contributed by atoms with Gasteiger partial charge in [-0.25, -0.2) is 4.79 Å². The third-order valence-electron chi connectivity index (χ3n) is 1.28. The minimum Gasteiger partial charge on any atom is -0.363 e. The summed E-state index contributed by atoms with van der Waals surface area (Å²) in [5.74, 6) is 2.71. The van der Waals surface area contributed by atoms with E-state index in [1.807, 2.05) is 0 Å². The molecule has 1 atom stereocenters. The summed E-state index contributed by atoms with van der Waals surface area (Å²) in [5, 5.41) is 8.43. The van der Waals surface area contributed by atoms with Crippen LogP contribution < -0.4 is 10.6 Å². The van der Waals surface area contributed by atoms with Crippen LogP contribution in [0.15, 0.2) is 16.9 Å². The van der Waals surface area contributed by atoms with Crippen molar-refractivity contribution in [2.75, 3.05) is 5.32 Å². The number of carbonyl (C=O) groups is 1. The van der Waals surface area contributed by atoms with Gasteiger partial charge in [-0.05, 0) is 6.92 Å². The van der Waals surface area contributed by atoms with E-state index in [1.54, 1.807) is 6.92 Å². The molecule has 0 radical (unpaired) electrons. The lowest BCUT2D eigenvalue weighted by Gasteiger charge is -2.06. The van der Waals surface area contributed by atoms with Crippen LogP contribution in [0.3, 0.4) is 0 Å². The van der Waals surface area contributed by atoms with Crippen LogP contribution in [0.2, 0.25) is 0 Å². The Kier molecular flexibility index (Phi) is 2.92. The maximum absolute atomic E-state index is 11.1. The highest BCUT2D eigenvalue weighted by molar-refractivity contribution is 5.88. The molecule has 2 amide bonds. The molecule has 0 fully saturated rings. The minimum absolute atomic E-state index is 0.313. The molecule has 2 N–H and O–H groups in total. The lowest BCUT2D eigenvalue weighted by molar-refractivity contribution is 0.251. The first-order chi connectivity index (χ1) is 6.22. The van der Waals surface area contributed by atoms with Gasteiger partial charge in [0.1, 0.15) is 6.26 Å². The molecule has 5 heteroatoms. The van der Waals surface area contributed by atoms with Gasteiger partial charge in [-0.2, -0.15) is 0 Å². The van der Waals surface area contributed by atoms with Gasteiger partial charge in [0.2, 0.25) is 0 Å². The van der Waals surface area contributed by atoms with Crippen molar-refractivity contribution in [2.45, 2.75) is 13.0 Å². The SMILES string of the molecule is C#CC(C)NC(=O)Nc1ccon1. The van der Waals surface area contributed by atoms with Crippen LogP contribution in [0.1, 0.15) is 6.92 Å². The van der Waals surface area contributed by atoms with E-state index in [1.165, 1.54) is 12.3 Å². The van der Waals surface area contributed by atoms with Gasteiger partial charge in [-0.3, -0.25) is 5.32 Å². The molecule has 68 valence electrons. The van der Waals surface area contributed by atoms with E-state index in [0.717, 1.165) is 0 Å². The summed E-state index contributed by atoms with van der Waals surface area (Å²) in [7, 11) is 0. The Bertz CT molecular complexity index is 313. The summed E-state index contributed by atoms with van der Waals surface area (Å²) < 4.78 is 4.51. The monoisotopic (exact) mass is 179 g/mol. The first-order valence-corrected chi connectivity index (χ1v) is 3.66. The average Bonchev–Trinajstić information content (AvgIpc) is 2.56. The van der Waals surface area contributed by atoms with Gasteiger partial charge in [0.25, 0.3) is 0 Å². The fraction of sp³-hybridized carbons (Fsp3) is 0.250. The number of amides is 2. The topological polar surface area (TPSA) is 67.2 Å². The Balaban J connectivity index is 2.39. The van der Waals surface area contributed by atoms with Crippen LogP contribution in [-0.4, -0.2) is 17.2 Å². The number of urea groups is 1. The molecule has 0 bridgehead atoms. The Morgan fingerprint density at radius 2 is 2.62 bits per heavy atom. The number of nitrogens with zero attached hydrogens (tertiary/aromatic N) is 1. The number of hydrogen-bond donors (Lipinski definition) is 2. The molecule has 0 spiro atoms. The van der Waals surface area contributed by atoms with Crippen molar-refractivity contribution >= 4 is 11.8 Å². The van der Waals surface area contributed by atoms with E-state index >= 15 is 0 Å². The molecule has 1 heterocycles. The van der Waals surface area contributed by atoms with Crippen molar-refractivity contribution in [3.05, 3.63) is 12.3 Å². The van der Waals surface area contributed by atoms with Crippen LogP contribution >= 0.6 is 0 Å². The quantitative estimate of drug-likeness (QED) is 0.660. The molecule has 5 nitrogen and oxygen atoms in total. The van der Waals surface area contributed by atoms with Gasteiger partial charge < -0.3 is 9.84 Å². The molecule has 0 saturated heterocycles. The van der Waals surface area contributed by atoms with Gasteiger partial charge in [-0.15, -0.1) is 6.42 Å². The van der Waals surface area contributed by atoms with Crippen LogP contribution in [-0.2, 0) is 0 Å². The van der Waals surface area contributed by atoms with E-state index < -0.39 is 6.03 Å².